The highest BCUT2D eigenvalue weighted by molar-refractivity contribution is 5.68. The number of hydrogen-bond donors (Lipinski definition) is 1. The Morgan fingerprint density at radius 2 is 1.78 bits per heavy atom. The van der Waals surface area contributed by atoms with E-state index in [1.807, 2.05) is 32.0 Å². The van der Waals surface area contributed by atoms with Crippen molar-refractivity contribution in [2.24, 2.45) is 0 Å². The second-order valence-corrected chi connectivity index (χ2v) is 4.25. The predicted octanol–water partition coefficient (Wildman–Crippen LogP) is 4.06. The molecule has 0 unspecified atom stereocenters. The Labute approximate surface area is 106 Å². The minimum Gasteiger partial charge on any atom is -0.354 e. The van der Waals surface area contributed by atoms with Crippen molar-refractivity contribution in [3.8, 4) is 6.07 Å². The minimum atomic E-state index is -0.262. The first-order valence-corrected chi connectivity index (χ1v) is 5.64. The van der Waals surface area contributed by atoms with Crippen LogP contribution < -0.4 is 5.32 Å². The zero-order chi connectivity index (χ0) is 13.1. The lowest BCUT2D eigenvalue weighted by Gasteiger charge is -2.11. The van der Waals surface area contributed by atoms with E-state index in [2.05, 4.69) is 11.4 Å². The van der Waals surface area contributed by atoms with Crippen LogP contribution in [0.4, 0.5) is 15.8 Å². The SMILES string of the molecule is Cc1ccc(Nc2ccc(F)cc2C)c(C#N)c1. The molecule has 0 saturated carbocycles. The fourth-order valence-corrected chi connectivity index (χ4v) is 1.77. The first kappa shape index (κ1) is 12.1. The monoisotopic (exact) mass is 240 g/mol. The molecule has 0 aliphatic carbocycles. The van der Waals surface area contributed by atoms with E-state index in [0.717, 1.165) is 22.5 Å². The standard InChI is InChI=1S/C15H13FN2/c1-10-3-5-15(12(7-10)9-17)18-14-6-4-13(16)8-11(14)2/h3-8,18H,1-2H3. The molecular weight excluding hydrogens is 227 g/mol. The fourth-order valence-electron chi connectivity index (χ4n) is 1.77. The Hall–Kier alpha value is -2.34. The maximum absolute atomic E-state index is 13.0. The van der Waals surface area contributed by atoms with Gasteiger partial charge in [-0.3, -0.25) is 0 Å². The summed E-state index contributed by atoms with van der Waals surface area (Å²) >= 11 is 0. The number of hydrogen-bond acceptors (Lipinski definition) is 2. The molecule has 18 heavy (non-hydrogen) atoms. The summed E-state index contributed by atoms with van der Waals surface area (Å²) in [5, 5.41) is 12.2. The van der Waals surface area contributed by atoms with Gasteiger partial charge in [-0.15, -0.1) is 0 Å². The van der Waals surface area contributed by atoms with Crippen molar-refractivity contribution in [2.45, 2.75) is 13.8 Å². The van der Waals surface area contributed by atoms with E-state index in [4.69, 9.17) is 5.26 Å². The molecule has 0 heterocycles. The maximum atomic E-state index is 13.0. The molecule has 2 aromatic carbocycles. The van der Waals surface area contributed by atoms with Gasteiger partial charge in [0.25, 0.3) is 0 Å². The van der Waals surface area contributed by atoms with Gasteiger partial charge in [0.15, 0.2) is 0 Å². The number of nitrogens with zero attached hydrogens (tertiary/aromatic N) is 1. The Balaban J connectivity index is 2.37. The minimum absolute atomic E-state index is 0.262. The molecule has 0 atom stereocenters. The molecule has 3 heteroatoms. The zero-order valence-corrected chi connectivity index (χ0v) is 10.3. The lowest BCUT2D eigenvalue weighted by atomic mass is 10.1. The third-order valence-corrected chi connectivity index (χ3v) is 2.75. The van der Waals surface area contributed by atoms with Gasteiger partial charge in [0, 0.05) is 5.69 Å². The Kier molecular flexibility index (Phi) is 3.29. The Morgan fingerprint density at radius 1 is 1.06 bits per heavy atom. The van der Waals surface area contributed by atoms with Gasteiger partial charge in [-0.05, 0) is 55.3 Å². The van der Waals surface area contributed by atoms with Gasteiger partial charge in [0.2, 0.25) is 0 Å². The molecule has 90 valence electrons. The summed E-state index contributed by atoms with van der Waals surface area (Å²) in [7, 11) is 0. The molecule has 0 spiro atoms. The van der Waals surface area contributed by atoms with Gasteiger partial charge in [0.1, 0.15) is 11.9 Å². The van der Waals surface area contributed by atoms with Crippen LogP contribution in [0, 0.1) is 31.0 Å². The lowest BCUT2D eigenvalue weighted by Crippen LogP contribution is -1.96. The first-order chi connectivity index (χ1) is 8.60. The maximum Gasteiger partial charge on any atom is 0.123 e. The van der Waals surface area contributed by atoms with Crippen LogP contribution in [0.2, 0.25) is 0 Å². The van der Waals surface area contributed by atoms with E-state index in [0.29, 0.717) is 5.56 Å². The fraction of sp³-hybridized carbons (Fsp3) is 0.133. The third kappa shape index (κ3) is 2.49. The van der Waals surface area contributed by atoms with E-state index in [1.165, 1.54) is 12.1 Å². The van der Waals surface area contributed by atoms with Gasteiger partial charge in [-0.2, -0.15) is 5.26 Å². The summed E-state index contributed by atoms with van der Waals surface area (Å²) in [6, 6.07) is 12.3. The number of nitrogens with one attached hydrogen (secondary N) is 1. The number of halogens is 1. The average molecular weight is 240 g/mol. The molecule has 2 nitrogen and oxygen atoms in total. The van der Waals surface area contributed by atoms with Crippen LogP contribution in [-0.2, 0) is 0 Å². The van der Waals surface area contributed by atoms with E-state index in [1.54, 1.807) is 6.07 Å². The van der Waals surface area contributed by atoms with Crippen molar-refractivity contribution in [3.63, 3.8) is 0 Å². The molecule has 1 N–H and O–H groups in total. The predicted molar refractivity (Wildman–Crippen MR) is 70.3 cm³/mol. The van der Waals surface area contributed by atoms with Crippen molar-refractivity contribution in [3.05, 3.63) is 58.9 Å². The molecule has 0 aliphatic heterocycles. The number of anilines is 2. The highest BCUT2D eigenvalue weighted by atomic mass is 19.1. The quantitative estimate of drug-likeness (QED) is 0.859. The van der Waals surface area contributed by atoms with Gasteiger partial charge in [-0.25, -0.2) is 4.39 Å². The second-order valence-electron chi connectivity index (χ2n) is 4.25. The van der Waals surface area contributed by atoms with Crippen molar-refractivity contribution in [1.29, 1.82) is 5.26 Å². The van der Waals surface area contributed by atoms with Crippen molar-refractivity contribution in [1.82, 2.24) is 0 Å². The number of aryl methyl sites for hydroxylation is 2. The smallest absolute Gasteiger partial charge is 0.123 e. The molecular formula is C15H13FN2. The summed E-state index contributed by atoms with van der Waals surface area (Å²) in [6.07, 6.45) is 0. The van der Waals surface area contributed by atoms with Gasteiger partial charge in [-0.1, -0.05) is 6.07 Å². The number of benzene rings is 2. The van der Waals surface area contributed by atoms with Crippen molar-refractivity contribution < 1.29 is 4.39 Å². The second kappa shape index (κ2) is 4.89. The average Bonchev–Trinajstić information content (AvgIpc) is 2.34. The molecule has 2 aromatic rings. The molecule has 2 rings (SSSR count). The van der Waals surface area contributed by atoms with Crippen LogP contribution >= 0.6 is 0 Å². The molecule has 0 amide bonds. The van der Waals surface area contributed by atoms with E-state index in [-0.39, 0.29) is 5.82 Å². The van der Waals surface area contributed by atoms with Crippen LogP contribution in [0.5, 0.6) is 0 Å². The highest BCUT2D eigenvalue weighted by Crippen LogP contribution is 2.24. The molecule has 0 saturated heterocycles. The first-order valence-electron chi connectivity index (χ1n) is 5.64. The van der Waals surface area contributed by atoms with Crippen LogP contribution in [-0.4, -0.2) is 0 Å². The summed E-state index contributed by atoms with van der Waals surface area (Å²) in [6.45, 7) is 3.76. The summed E-state index contributed by atoms with van der Waals surface area (Å²) in [4.78, 5) is 0. The highest BCUT2D eigenvalue weighted by Gasteiger charge is 2.05. The van der Waals surface area contributed by atoms with Crippen LogP contribution in [0.1, 0.15) is 16.7 Å². The van der Waals surface area contributed by atoms with Crippen LogP contribution in [0.15, 0.2) is 36.4 Å². The number of nitriles is 1. The van der Waals surface area contributed by atoms with Crippen molar-refractivity contribution in [2.75, 3.05) is 5.32 Å². The summed E-state index contributed by atoms with van der Waals surface area (Å²) in [5.74, 6) is -0.262. The van der Waals surface area contributed by atoms with E-state index < -0.39 is 0 Å². The third-order valence-electron chi connectivity index (χ3n) is 2.75. The Morgan fingerprint density at radius 3 is 2.44 bits per heavy atom. The van der Waals surface area contributed by atoms with Gasteiger partial charge < -0.3 is 5.32 Å². The topological polar surface area (TPSA) is 35.8 Å². The molecule has 0 aliphatic rings. The van der Waals surface area contributed by atoms with E-state index in [9.17, 15) is 4.39 Å². The zero-order valence-electron chi connectivity index (χ0n) is 10.3. The van der Waals surface area contributed by atoms with Gasteiger partial charge >= 0.3 is 0 Å². The lowest BCUT2D eigenvalue weighted by molar-refractivity contribution is 0.627. The van der Waals surface area contributed by atoms with Crippen molar-refractivity contribution >= 4 is 11.4 Å². The van der Waals surface area contributed by atoms with E-state index >= 15 is 0 Å². The Bertz CT molecular complexity index is 627. The molecule has 0 radical (unpaired) electrons. The van der Waals surface area contributed by atoms with Crippen LogP contribution in [0.3, 0.4) is 0 Å². The molecule has 0 aromatic heterocycles. The summed E-state index contributed by atoms with van der Waals surface area (Å²) < 4.78 is 13.0. The molecule has 0 bridgehead atoms. The van der Waals surface area contributed by atoms with Gasteiger partial charge in [0.05, 0.1) is 11.3 Å². The number of rotatable bonds is 2. The van der Waals surface area contributed by atoms with Crippen LogP contribution in [0.25, 0.3) is 0 Å². The largest absolute Gasteiger partial charge is 0.354 e. The molecule has 0 fully saturated rings. The normalized spacial score (nSPS) is 9.89. The summed E-state index contributed by atoms with van der Waals surface area (Å²) in [5.41, 5.74) is 3.96.